The summed E-state index contributed by atoms with van der Waals surface area (Å²) in [6.45, 7) is 6.72. The van der Waals surface area contributed by atoms with Gasteiger partial charge in [0.05, 0.1) is 6.04 Å². The van der Waals surface area contributed by atoms with Crippen molar-refractivity contribution in [1.82, 2.24) is 20.3 Å². The fourth-order valence-electron chi connectivity index (χ4n) is 4.85. The predicted octanol–water partition coefficient (Wildman–Crippen LogP) is 7.70. The number of isocyanates is 1. The van der Waals surface area contributed by atoms with Crippen LogP contribution in [0.5, 0.6) is 5.75 Å². The molecule has 1 N–H and O–H groups in total. The van der Waals surface area contributed by atoms with E-state index in [-0.39, 0.29) is 34.3 Å². The zero-order valence-corrected chi connectivity index (χ0v) is 25.7. The summed E-state index contributed by atoms with van der Waals surface area (Å²) < 4.78 is 1.51. The van der Waals surface area contributed by atoms with Crippen LogP contribution in [0, 0.1) is 10.8 Å². The fourth-order valence-corrected chi connectivity index (χ4v) is 5.35. The van der Waals surface area contributed by atoms with Crippen LogP contribution < -0.4 is 10.1 Å². The van der Waals surface area contributed by atoms with Crippen molar-refractivity contribution in [3.05, 3.63) is 47.3 Å². The number of carbonyl (C=O) groups is 1. The maximum absolute atomic E-state index is 12.5. The van der Waals surface area contributed by atoms with Crippen LogP contribution in [-0.2, 0) is 12.4 Å². The summed E-state index contributed by atoms with van der Waals surface area (Å²) in [5, 5.41) is 2.84. The van der Waals surface area contributed by atoms with Crippen LogP contribution in [0.15, 0.2) is 29.3 Å². The summed E-state index contributed by atoms with van der Waals surface area (Å²) in [4.78, 5) is 39.3. The van der Waals surface area contributed by atoms with E-state index in [2.05, 4.69) is 46.0 Å². The van der Waals surface area contributed by atoms with E-state index < -0.39 is 13.7 Å². The Morgan fingerprint density at radius 1 is 1.03 bits per heavy atom. The molecule has 1 aliphatic carbocycles. The van der Waals surface area contributed by atoms with Gasteiger partial charge in [0.2, 0.25) is 13.7 Å². The van der Waals surface area contributed by atoms with Gasteiger partial charge >= 0.3 is 6.09 Å². The smallest absolute Gasteiger partial charge is 0.410 e. The number of hydrogen-bond acceptors (Lipinski definition) is 7. The van der Waals surface area contributed by atoms with Gasteiger partial charge in [0.15, 0.2) is 17.5 Å². The summed E-state index contributed by atoms with van der Waals surface area (Å²) in [7, 11) is 0. The first-order valence-electron chi connectivity index (χ1n) is 11.7. The lowest BCUT2D eigenvalue weighted by atomic mass is 9.63. The molecular formula is C25H25Cl6N5O3. The molecule has 2 unspecified atom stereocenters. The number of aromatic nitrogens is 3. The Kier molecular flexibility index (Phi) is 10.2. The van der Waals surface area contributed by atoms with Gasteiger partial charge in [0.1, 0.15) is 5.75 Å². The number of alkyl halides is 6. The molecule has 1 aromatic heterocycles. The van der Waals surface area contributed by atoms with Gasteiger partial charge in [-0.3, -0.25) is 0 Å². The third kappa shape index (κ3) is 9.75. The van der Waals surface area contributed by atoms with Gasteiger partial charge < -0.3 is 10.1 Å². The first-order valence-corrected chi connectivity index (χ1v) is 14.0. The van der Waals surface area contributed by atoms with Gasteiger partial charge in [-0.1, -0.05) is 109 Å². The molecule has 0 bridgehead atoms. The number of nitrogens with one attached hydrogen (secondary N) is 1. The van der Waals surface area contributed by atoms with Crippen LogP contribution in [-0.4, -0.2) is 39.7 Å². The van der Waals surface area contributed by atoms with E-state index in [1.165, 1.54) is 6.08 Å². The molecular weight excluding hydrogens is 631 g/mol. The van der Waals surface area contributed by atoms with Crippen LogP contribution in [0.3, 0.4) is 0 Å². The SMILES string of the molecule is CC1(C)CC(N=C=O)CC(C)(CNC(=O)Oc2ccc(/C=C/c3nc(C(Cl)(Cl)Cl)nc(C(Cl)(Cl)Cl)n3)cc2)C1. The third-order valence-electron chi connectivity index (χ3n) is 5.99. The normalized spacial score (nSPS) is 21.3. The Hall–Kier alpha value is -1.64. The summed E-state index contributed by atoms with van der Waals surface area (Å²) >= 11 is 35.4. The lowest BCUT2D eigenvalue weighted by molar-refractivity contribution is 0.0828. The lowest BCUT2D eigenvalue weighted by Crippen LogP contribution is -2.45. The summed E-state index contributed by atoms with van der Waals surface area (Å²) in [5.74, 6) is 0.0545. The van der Waals surface area contributed by atoms with Crippen molar-refractivity contribution in [3.8, 4) is 5.75 Å². The van der Waals surface area contributed by atoms with Crippen molar-refractivity contribution < 1.29 is 14.3 Å². The van der Waals surface area contributed by atoms with Gasteiger partial charge in [-0.25, -0.2) is 29.5 Å². The van der Waals surface area contributed by atoms with Crippen molar-refractivity contribution in [3.63, 3.8) is 0 Å². The minimum Gasteiger partial charge on any atom is -0.410 e. The van der Waals surface area contributed by atoms with E-state index in [1.807, 2.05) is 0 Å². The second-order valence-corrected chi connectivity index (χ2v) is 15.0. The average Bonchev–Trinajstić information content (AvgIpc) is 2.80. The number of aliphatic imine (C=N–C) groups is 1. The van der Waals surface area contributed by atoms with Crippen LogP contribution in [0.1, 0.15) is 63.1 Å². The standard InChI is InChI=1S/C25H25Cl6N5O3/c1-22(2)10-16(33-14-37)11-23(3,12-22)13-32-21(38)39-17-7-4-15(5-8-17)6-9-18-34-19(24(26,27)28)36-20(35-18)25(29,30)31/h4-9,16H,10-13H2,1-3H3,(H,32,38)/b9-6+. The lowest BCUT2D eigenvalue weighted by Gasteiger charge is -2.45. The van der Waals surface area contributed by atoms with Gasteiger partial charge in [0, 0.05) is 6.54 Å². The molecule has 0 radical (unpaired) electrons. The molecule has 2 atom stereocenters. The molecule has 210 valence electrons. The van der Waals surface area contributed by atoms with Gasteiger partial charge in [-0.15, -0.1) is 0 Å². The number of carbonyl (C=O) groups excluding carboxylic acids is 2. The molecule has 0 saturated heterocycles. The highest BCUT2D eigenvalue weighted by molar-refractivity contribution is 6.67. The number of benzene rings is 1. The number of rotatable bonds is 6. The number of hydrogen-bond donors (Lipinski definition) is 1. The number of ether oxygens (including phenoxy) is 1. The Morgan fingerprint density at radius 3 is 2.15 bits per heavy atom. The fraction of sp³-hybridized carbons (Fsp3) is 0.480. The zero-order chi connectivity index (χ0) is 29.1. The summed E-state index contributed by atoms with van der Waals surface area (Å²) in [6, 6.07) is 6.59. The molecule has 1 amide bonds. The maximum atomic E-state index is 12.5. The first-order chi connectivity index (χ1) is 18.0. The van der Waals surface area contributed by atoms with E-state index >= 15 is 0 Å². The molecule has 1 fully saturated rings. The van der Waals surface area contributed by atoms with Crippen LogP contribution in [0.4, 0.5) is 4.79 Å². The molecule has 8 nitrogen and oxygen atoms in total. The highest BCUT2D eigenvalue weighted by Crippen LogP contribution is 2.46. The molecule has 0 spiro atoms. The second-order valence-electron chi connectivity index (χ2n) is 10.4. The van der Waals surface area contributed by atoms with E-state index in [9.17, 15) is 9.59 Å². The first kappa shape index (κ1) is 31.9. The molecule has 2 aromatic rings. The quantitative estimate of drug-likeness (QED) is 0.194. The number of halogens is 6. The number of amides is 1. The van der Waals surface area contributed by atoms with E-state index in [1.54, 1.807) is 36.4 Å². The van der Waals surface area contributed by atoms with Crippen molar-refractivity contribution in [2.45, 2.75) is 53.7 Å². The van der Waals surface area contributed by atoms with Gasteiger partial charge in [-0.05, 0) is 53.9 Å². The molecule has 14 heteroatoms. The second kappa shape index (κ2) is 12.5. The zero-order valence-electron chi connectivity index (χ0n) is 21.2. The van der Waals surface area contributed by atoms with Crippen LogP contribution in [0.2, 0.25) is 0 Å². The van der Waals surface area contributed by atoms with Crippen molar-refractivity contribution in [2.24, 2.45) is 15.8 Å². The molecule has 1 aliphatic rings. The van der Waals surface area contributed by atoms with E-state index in [4.69, 9.17) is 74.3 Å². The Morgan fingerprint density at radius 2 is 1.62 bits per heavy atom. The van der Waals surface area contributed by atoms with E-state index in [0.717, 1.165) is 18.4 Å². The molecule has 1 heterocycles. The van der Waals surface area contributed by atoms with Crippen molar-refractivity contribution >= 4 is 93.9 Å². The summed E-state index contributed by atoms with van der Waals surface area (Å²) in [6.07, 6.45) is 6.64. The maximum Gasteiger partial charge on any atom is 0.412 e. The largest absolute Gasteiger partial charge is 0.412 e. The monoisotopic (exact) mass is 653 g/mol. The van der Waals surface area contributed by atoms with Gasteiger partial charge in [0.25, 0.3) is 0 Å². The van der Waals surface area contributed by atoms with Crippen LogP contribution >= 0.6 is 69.6 Å². The molecule has 1 saturated carbocycles. The highest BCUT2D eigenvalue weighted by Gasteiger charge is 2.41. The average molecular weight is 656 g/mol. The topological polar surface area (TPSA) is 106 Å². The molecule has 0 aliphatic heterocycles. The van der Waals surface area contributed by atoms with Crippen LogP contribution in [0.25, 0.3) is 12.2 Å². The highest BCUT2D eigenvalue weighted by atomic mass is 35.6. The number of nitrogens with zero attached hydrogens (tertiary/aromatic N) is 4. The third-order valence-corrected chi connectivity index (χ3v) is 7.01. The summed E-state index contributed by atoms with van der Waals surface area (Å²) in [5.41, 5.74) is 0.480. The minimum atomic E-state index is -1.95. The van der Waals surface area contributed by atoms with Crippen molar-refractivity contribution in [2.75, 3.05) is 6.54 Å². The Labute approximate surface area is 256 Å². The Balaban J connectivity index is 1.63. The molecule has 3 rings (SSSR count). The molecule has 39 heavy (non-hydrogen) atoms. The predicted molar refractivity (Wildman–Crippen MR) is 155 cm³/mol. The Bertz CT molecular complexity index is 1240. The van der Waals surface area contributed by atoms with Crippen molar-refractivity contribution in [1.29, 1.82) is 0 Å². The molecule has 1 aromatic carbocycles. The van der Waals surface area contributed by atoms with E-state index in [0.29, 0.717) is 18.7 Å². The minimum absolute atomic E-state index is 0.0144. The van der Waals surface area contributed by atoms with Gasteiger partial charge in [-0.2, -0.15) is 0 Å².